The fraction of sp³-hybridized carbons (Fsp3) is 0.261. The number of nitrogens with zero attached hydrogens (tertiary/aromatic N) is 6. The molecule has 0 unspecified atom stereocenters. The van der Waals surface area contributed by atoms with Crippen LogP contribution in [-0.2, 0) is 6.54 Å². The van der Waals surface area contributed by atoms with Gasteiger partial charge in [-0.25, -0.2) is 9.50 Å². The first-order chi connectivity index (χ1) is 15.2. The Kier molecular flexibility index (Phi) is 5.37. The topological polar surface area (TPSA) is 73.6 Å². The normalized spacial score (nSPS) is 14.7. The molecule has 31 heavy (non-hydrogen) atoms. The predicted octanol–water partition coefficient (Wildman–Crippen LogP) is 3.23. The van der Waals surface area contributed by atoms with Gasteiger partial charge in [0.25, 0.3) is 0 Å². The summed E-state index contributed by atoms with van der Waals surface area (Å²) in [6.45, 7) is 5.03. The number of fused-ring (bicyclic) bond motifs is 1. The third kappa shape index (κ3) is 4.44. The lowest BCUT2D eigenvalue weighted by molar-refractivity contribution is 0.313. The van der Waals surface area contributed by atoms with E-state index in [1.54, 1.807) is 12.4 Å². The summed E-state index contributed by atoms with van der Waals surface area (Å²) in [6.07, 6.45) is 5.42. The van der Waals surface area contributed by atoms with Crippen LogP contribution in [0.4, 0.5) is 23.1 Å². The third-order valence-corrected chi connectivity index (χ3v) is 5.61. The summed E-state index contributed by atoms with van der Waals surface area (Å²) in [4.78, 5) is 13.3. The molecule has 3 aromatic heterocycles. The fourth-order valence-corrected chi connectivity index (χ4v) is 3.74. The number of hydrogen-bond acceptors (Lipinski definition) is 7. The molecular formula is C23H26N8. The molecule has 1 aromatic carbocycles. The van der Waals surface area contributed by atoms with Crippen LogP contribution >= 0.6 is 0 Å². The minimum atomic E-state index is 0.558. The van der Waals surface area contributed by atoms with Gasteiger partial charge in [-0.2, -0.15) is 0 Å². The van der Waals surface area contributed by atoms with E-state index in [0.717, 1.165) is 48.8 Å². The first kappa shape index (κ1) is 19.3. The van der Waals surface area contributed by atoms with Gasteiger partial charge in [-0.3, -0.25) is 4.98 Å². The molecule has 2 N–H and O–H groups in total. The predicted molar refractivity (Wildman–Crippen MR) is 124 cm³/mol. The fourth-order valence-electron chi connectivity index (χ4n) is 3.74. The van der Waals surface area contributed by atoms with Crippen molar-refractivity contribution < 1.29 is 0 Å². The molecule has 5 rings (SSSR count). The van der Waals surface area contributed by atoms with Crippen molar-refractivity contribution in [2.24, 2.45) is 0 Å². The van der Waals surface area contributed by atoms with Crippen LogP contribution < -0.4 is 15.5 Å². The van der Waals surface area contributed by atoms with Gasteiger partial charge in [-0.15, -0.1) is 5.10 Å². The van der Waals surface area contributed by atoms with E-state index in [0.29, 0.717) is 12.5 Å². The molecule has 1 saturated heterocycles. The summed E-state index contributed by atoms with van der Waals surface area (Å²) < 4.78 is 1.87. The molecule has 4 heterocycles. The van der Waals surface area contributed by atoms with Gasteiger partial charge >= 0.3 is 0 Å². The van der Waals surface area contributed by atoms with Crippen molar-refractivity contribution in [2.45, 2.75) is 6.54 Å². The van der Waals surface area contributed by atoms with Crippen molar-refractivity contribution in [1.29, 1.82) is 0 Å². The van der Waals surface area contributed by atoms with E-state index in [4.69, 9.17) is 0 Å². The lowest BCUT2D eigenvalue weighted by Crippen LogP contribution is -2.44. The van der Waals surface area contributed by atoms with E-state index in [9.17, 15) is 0 Å². The molecule has 1 fully saturated rings. The highest BCUT2D eigenvalue weighted by Crippen LogP contribution is 2.22. The number of aromatic nitrogens is 4. The smallest absolute Gasteiger partial charge is 0.245 e. The summed E-state index contributed by atoms with van der Waals surface area (Å²) in [5, 5.41) is 11.4. The first-order valence-electron chi connectivity index (χ1n) is 10.5. The number of pyridine rings is 1. The van der Waals surface area contributed by atoms with Gasteiger partial charge < -0.3 is 20.4 Å². The number of benzene rings is 1. The summed E-state index contributed by atoms with van der Waals surface area (Å²) in [5.74, 6) is 1.48. The Bertz CT molecular complexity index is 1130. The Morgan fingerprint density at radius 3 is 2.45 bits per heavy atom. The van der Waals surface area contributed by atoms with Gasteiger partial charge in [0, 0.05) is 56.5 Å². The summed E-state index contributed by atoms with van der Waals surface area (Å²) in [5.41, 5.74) is 4.32. The Hall–Kier alpha value is -3.65. The quantitative estimate of drug-likeness (QED) is 0.502. The molecule has 0 spiro atoms. The highest BCUT2D eigenvalue weighted by atomic mass is 15.3. The lowest BCUT2D eigenvalue weighted by atomic mass is 10.2. The molecule has 0 radical (unpaired) electrons. The number of rotatable bonds is 6. The van der Waals surface area contributed by atoms with E-state index in [1.807, 2.05) is 35.0 Å². The molecule has 0 amide bonds. The van der Waals surface area contributed by atoms with E-state index in [2.05, 4.69) is 66.8 Å². The molecule has 0 saturated carbocycles. The van der Waals surface area contributed by atoms with Gasteiger partial charge in [-0.05, 0) is 61.1 Å². The molecule has 0 atom stereocenters. The summed E-state index contributed by atoms with van der Waals surface area (Å²) in [6, 6.07) is 16.5. The van der Waals surface area contributed by atoms with Gasteiger partial charge in [0.15, 0.2) is 0 Å². The Morgan fingerprint density at radius 2 is 1.68 bits per heavy atom. The number of piperazine rings is 1. The van der Waals surface area contributed by atoms with E-state index in [1.165, 1.54) is 5.69 Å². The lowest BCUT2D eigenvalue weighted by Gasteiger charge is -2.34. The van der Waals surface area contributed by atoms with Gasteiger partial charge in [-0.1, -0.05) is 0 Å². The van der Waals surface area contributed by atoms with Crippen molar-refractivity contribution in [3.8, 4) is 0 Å². The van der Waals surface area contributed by atoms with Gasteiger partial charge in [0.05, 0.1) is 11.7 Å². The van der Waals surface area contributed by atoms with Crippen molar-refractivity contribution in [3.63, 3.8) is 0 Å². The molecule has 1 aliphatic heterocycles. The first-order valence-corrected chi connectivity index (χ1v) is 10.5. The Balaban J connectivity index is 1.28. The van der Waals surface area contributed by atoms with Crippen LogP contribution in [0.25, 0.3) is 5.52 Å². The number of anilines is 4. The zero-order chi connectivity index (χ0) is 21.0. The average molecular weight is 415 g/mol. The summed E-state index contributed by atoms with van der Waals surface area (Å²) in [7, 11) is 2.17. The minimum Gasteiger partial charge on any atom is -0.369 e. The van der Waals surface area contributed by atoms with Gasteiger partial charge in [0.2, 0.25) is 5.95 Å². The molecule has 8 nitrogen and oxygen atoms in total. The average Bonchev–Trinajstić information content (AvgIpc) is 3.22. The number of likely N-dealkylation sites (N-methyl/N-ethyl adjacent to an activating group) is 1. The summed E-state index contributed by atoms with van der Waals surface area (Å²) >= 11 is 0. The van der Waals surface area contributed by atoms with E-state index in [-0.39, 0.29) is 0 Å². The van der Waals surface area contributed by atoms with Crippen LogP contribution in [0.5, 0.6) is 0 Å². The second kappa shape index (κ2) is 8.61. The maximum atomic E-state index is 4.67. The SMILES string of the molecule is CN1CCN(c2ccc(Nc3ncc4ccc(NCc5ccncc5)n4n3)cc2)CC1. The molecule has 158 valence electrons. The van der Waals surface area contributed by atoms with Crippen molar-refractivity contribution in [2.75, 3.05) is 48.8 Å². The van der Waals surface area contributed by atoms with Crippen molar-refractivity contribution in [1.82, 2.24) is 24.5 Å². The second-order valence-electron chi connectivity index (χ2n) is 7.81. The largest absolute Gasteiger partial charge is 0.369 e. The number of hydrogen-bond donors (Lipinski definition) is 2. The number of nitrogens with one attached hydrogen (secondary N) is 2. The van der Waals surface area contributed by atoms with Crippen LogP contribution in [0, 0.1) is 0 Å². The minimum absolute atomic E-state index is 0.558. The maximum absolute atomic E-state index is 4.67. The third-order valence-electron chi connectivity index (χ3n) is 5.61. The zero-order valence-electron chi connectivity index (χ0n) is 17.6. The second-order valence-corrected chi connectivity index (χ2v) is 7.81. The van der Waals surface area contributed by atoms with Crippen LogP contribution in [-0.4, -0.2) is 57.7 Å². The van der Waals surface area contributed by atoms with Crippen molar-refractivity contribution in [3.05, 3.63) is 72.7 Å². The molecule has 0 aliphatic carbocycles. The maximum Gasteiger partial charge on any atom is 0.245 e. The van der Waals surface area contributed by atoms with E-state index >= 15 is 0 Å². The van der Waals surface area contributed by atoms with Crippen LogP contribution in [0.2, 0.25) is 0 Å². The monoisotopic (exact) mass is 414 g/mol. The molecular weight excluding hydrogens is 388 g/mol. The standard InChI is InChI=1S/C23H26N8/c1-29-12-14-30(15-13-29)20-4-2-19(3-5-20)27-23-26-17-21-6-7-22(31(21)28-23)25-16-18-8-10-24-11-9-18/h2-11,17,25H,12-16H2,1H3,(H,27,28). The van der Waals surface area contributed by atoms with E-state index < -0.39 is 0 Å². The highest BCUT2D eigenvalue weighted by molar-refractivity contribution is 5.61. The molecule has 4 aromatic rings. The Morgan fingerprint density at radius 1 is 0.903 bits per heavy atom. The molecule has 0 bridgehead atoms. The van der Waals surface area contributed by atoms with Crippen LogP contribution in [0.1, 0.15) is 5.56 Å². The van der Waals surface area contributed by atoms with Crippen molar-refractivity contribution >= 4 is 28.7 Å². The Labute approximate surface area is 181 Å². The molecule has 1 aliphatic rings. The van der Waals surface area contributed by atoms with Crippen LogP contribution in [0.3, 0.4) is 0 Å². The zero-order valence-corrected chi connectivity index (χ0v) is 17.6. The van der Waals surface area contributed by atoms with Gasteiger partial charge in [0.1, 0.15) is 5.82 Å². The highest BCUT2D eigenvalue weighted by Gasteiger charge is 2.14. The molecule has 8 heteroatoms. The van der Waals surface area contributed by atoms with Crippen LogP contribution in [0.15, 0.2) is 67.1 Å².